The van der Waals surface area contributed by atoms with Gasteiger partial charge >= 0.3 is 5.97 Å². The summed E-state index contributed by atoms with van der Waals surface area (Å²) in [5.41, 5.74) is 1.06. The maximum atomic E-state index is 12.5. The van der Waals surface area contributed by atoms with Gasteiger partial charge < -0.3 is 14.7 Å². The summed E-state index contributed by atoms with van der Waals surface area (Å²) in [5.74, 6) is -0.891. The molecule has 3 atom stereocenters. The van der Waals surface area contributed by atoms with Gasteiger partial charge in [-0.25, -0.2) is 0 Å². The second-order valence-electron chi connectivity index (χ2n) is 5.75. The van der Waals surface area contributed by atoms with E-state index in [0.717, 1.165) is 24.2 Å². The van der Waals surface area contributed by atoms with Crippen molar-refractivity contribution in [2.24, 2.45) is 11.8 Å². The molecule has 2 fully saturated rings. The smallest absolute Gasteiger partial charge is 0.307 e. The number of rotatable bonds is 4. The summed E-state index contributed by atoms with van der Waals surface area (Å²) >= 11 is 0. The molecule has 1 aromatic carbocycles. The number of amides is 1. The lowest BCUT2D eigenvalue weighted by atomic mass is 10.0. The van der Waals surface area contributed by atoms with E-state index < -0.39 is 11.9 Å². The Morgan fingerprint density at radius 3 is 2.81 bits per heavy atom. The van der Waals surface area contributed by atoms with Crippen LogP contribution < -0.4 is 4.74 Å². The second-order valence-corrected chi connectivity index (χ2v) is 5.75. The average Bonchev–Trinajstić information content (AvgIpc) is 3.16. The van der Waals surface area contributed by atoms with Gasteiger partial charge in [-0.15, -0.1) is 0 Å². The highest BCUT2D eigenvalue weighted by Crippen LogP contribution is 2.43. The zero-order valence-electron chi connectivity index (χ0n) is 12.0. The van der Waals surface area contributed by atoms with Crippen LogP contribution in [0.2, 0.25) is 0 Å². The topological polar surface area (TPSA) is 66.8 Å². The summed E-state index contributed by atoms with van der Waals surface area (Å²) in [6, 6.07) is 7.80. The SMILES string of the molecule is COc1cccc(C2CCCN2C(=O)[C@@H]2C[C@@H]2C(=O)O)c1. The van der Waals surface area contributed by atoms with Crippen molar-refractivity contribution in [3.8, 4) is 5.75 Å². The monoisotopic (exact) mass is 289 g/mol. The van der Waals surface area contributed by atoms with Gasteiger partial charge in [0.15, 0.2) is 0 Å². The lowest BCUT2D eigenvalue weighted by molar-refractivity contribution is -0.142. The van der Waals surface area contributed by atoms with E-state index in [1.165, 1.54) is 0 Å². The minimum absolute atomic E-state index is 0.00674. The van der Waals surface area contributed by atoms with Crippen LogP contribution in [0.25, 0.3) is 0 Å². The van der Waals surface area contributed by atoms with Crippen molar-refractivity contribution in [2.75, 3.05) is 13.7 Å². The number of carboxylic acids is 1. The Labute approximate surface area is 123 Å². The quantitative estimate of drug-likeness (QED) is 0.921. The third-order valence-electron chi connectivity index (χ3n) is 4.44. The van der Waals surface area contributed by atoms with E-state index in [1.54, 1.807) is 7.11 Å². The Morgan fingerprint density at radius 1 is 1.33 bits per heavy atom. The summed E-state index contributed by atoms with van der Waals surface area (Å²) in [4.78, 5) is 25.3. The van der Waals surface area contributed by atoms with Gasteiger partial charge in [0.25, 0.3) is 0 Å². The zero-order chi connectivity index (χ0) is 15.0. The minimum atomic E-state index is -0.856. The van der Waals surface area contributed by atoms with E-state index >= 15 is 0 Å². The van der Waals surface area contributed by atoms with Gasteiger partial charge in [0.1, 0.15) is 5.75 Å². The standard InChI is InChI=1S/C16H19NO4/c1-21-11-5-2-4-10(8-11)14-6-3-7-17(14)15(18)12-9-13(12)16(19)20/h2,4-5,8,12-14H,3,6-7,9H2,1H3,(H,19,20)/t12-,13+,14?/m1/s1. The van der Waals surface area contributed by atoms with Crippen LogP contribution >= 0.6 is 0 Å². The molecule has 0 bridgehead atoms. The first-order valence-corrected chi connectivity index (χ1v) is 7.29. The van der Waals surface area contributed by atoms with Crippen molar-refractivity contribution in [1.82, 2.24) is 4.90 Å². The Morgan fingerprint density at radius 2 is 2.14 bits per heavy atom. The number of benzene rings is 1. The zero-order valence-corrected chi connectivity index (χ0v) is 12.0. The normalized spacial score (nSPS) is 27.5. The van der Waals surface area contributed by atoms with Crippen LogP contribution in [-0.2, 0) is 9.59 Å². The van der Waals surface area contributed by atoms with Gasteiger partial charge in [0, 0.05) is 6.54 Å². The molecule has 1 unspecified atom stereocenters. The number of nitrogens with zero attached hydrogens (tertiary/aromatic N) is 1. The maximum Gasteiger partial charge on any atom is 0.307 e. The highest BCUT2D eigenvalue weighted by Gasteiger charge is 2.51. The number of carbonyl (C=O) groups excluding carboxylic acids is 1. The van der Waals surface area contributed by atoms with E-state index in [2.05, 4.69) is 0 Å². The molecule has 1 amide bonds. The molecule has 1 aliphatic carbocycles. The lowest BCUT2D eigenvalue weighted by Gasteiger charge is -2.25. The maximum absolute atomic E-state index is 12.5. The number of hydrogen-bond acceptors (Lipinski definition) is 3. The molecule has 112 valence electrons. The van der Waals surface area contributed by atoms with E-state index in [9.17, 15) is 9.59 Å². The second kappa shape index (κ2) is 5.39. The predicted octanol–water partition coefficient (Wildman–Crippen LogP) is 2.08. The number of hydrogen-bond donors (Lipinski definition) is 1. The van der Waals surface area contributed by atoms with Crippen molar-refractivity contribution in [2.45, 2.75) is 25.3 Å². The van der Waals surface area contributed by atoms with E-state index in [1.807, 2.05) is 29.2 Å². The van der Waals surface area contributed by atoms with Gasteiger partial charge in [0.05, 0.1) is 25.0 Å². The molecule has 0 aromatic heterocycles. The van der Waals surface area contributed by atoms with Crippen LogP contribution in [0.3, 0.4) is 0 Å². The van der Waals surface area contributed by atoms with Gasteiger partial charge in [-0.05, 0) is 37.0 Å². The van der Waals surface area contributed by atoms with Crippen molar-refractivity contribution in [3.05, 3.63) is 29.8 Å². The van der Waals surface area contributed by atoms with Crippen LogP contribution in [0.1, 0.15) is 30.9 Å². The van der Waals surface area contributed by atoms with Crippen LogP contribution in [0.15, 0.2) is 24.3 Å². The van der Waals surface area contributed by atoms with Crippen molar-refractivity contribution in [1.29, 1.82) is 0 Å². The molecular weight excluding hydrogens is 270 g/mol. The van der Waals surface area contributed by atoms with Crippen molar-refractivity contribution >= 4 is 11.9 Å². The summed E-state index contributed by atoms with van der Waals surface area (Å²) in [6.07, 6.45) is 2.36. The Kier molecular flexibility index (Phi) is 3.57. The molecular formula is C16H19NO4. The largest absolute Gasteiger partial charge is 0.497 e. The summed E-state index contributed by atoms with van der Waals surface area (Å²) < 4.78 is 5.24. The number of aliphatic carboxylic acids is 1. The molecule has 21 heavy (non-hydrogen) atoms. The molecule has 1 saturated heterocycles. The Bertz CT molecular complexity index is 571. The third-order valence-corrected chi connectivity index (χ3v) is 4.44. The molecule has 1 heterocycles. The molecule has 1 aromatic rings. The Hall–Kier alpha value is -2.04. The summed E-state index contributed by atoms with van der Waals surface area (Å²) in [7, 11) is 1.62. The lowest BCUT2D eigenvalue weighted by Crippen LogP contribution is -2.32. The van der Waals surface area contributed by atoms with E-state index in [-0.39, 0.29) is 17.9 Å². The number of methoxy groups -OCH3 is 1. The fourth-order valence-corrected chi connectivity index (χ4v) is 3.18. The minimum Gasteiger partial charge on any atom is -0.497 e. The predicted molar refractivity (Wildman–Crippen MR) is 75.9 cm³/mol. The van der Waals surface area contributed by atoms with E-state index in [4.69, 9.17) is 9.84 Å². The fraction of sp³-hybridized carbons (Fsp3) is 0.500. The number of carboxylic acid groups (broad SMARTS) is 1. The van der Waals surface area contributed by atoms with Gasteiger partial charge in [0.2, 0.25) is 5.91 Å². The van der Waals surface area contributed by atoms with Gasteiger partial charge in [-0.3, -0.25) is 9.59 Å². The van der Waals surface area contributed by atoms with Gasteiger partial charge in [-0.2, -0.15) is 0 Å². The Balaban J connectivity index is 1.76. The first-order valence-electron chi connectivity index (χ1n) is 7.29. The first kappa shape index (κ1) is 13.9. The van der Waals surface area contributed by atoms with Crippen LogP contribution in [0.4, 0.5) is 0 Å². The molecule has 1 N–H and O–H groups in total. The fourth-order valence-electron chi connectivity index (χ4n) is 3.18. The molecule has 5 heteroatoms. The molecule has 1 saturated carbocycles. The number of ether oxygens (including phenoxy) is 1. The number of likely N-dealkylation sites (tertiary alicyclic amines) is 1. The first-order chi connectivity index (χ1) is 10.1. The molecule has 0 spiro atoms. The summed E-state index contributed by atoms with van der Waals surface area (Å²) in [6.45, 7) is 0.712. The van der Waals surface area contributed by atoms with Crippen molar-refractivity contribution < 1.29 is 19.4 Å². The van der Waals surface area contributed by atoms with Gasteiger partial charge in [-0.1, -0.05) is 12.1 Å². The molecule has 3 rings (SSSR count). The van der Waals surface area contributed by atoms with Crippen molar-refractivity contribution in [3.63, 3.8) is 0 Å². The van der Waals surface area contributed by atoms with Crippen LogP contribution in [0.5, 0.6) is 5.75 Å². The number of carbonyl (C=O) groups is 2. The molecule has 0 radical (unpaired) electrons. The molecule has 5 nitrogen and oxygen atoms in total. The molecule has 2 aliphatic rings. The van der Waals surface area contributed by atoms with Crippen LogP contribution in [-0.4, -0.2) is 35.5 Å². The average molecular weight is 289 g/mol. The highest BCUT2D eigenvalue weighted by molar-refractivity contribution is 5.89. The van der Waals surface area contributed by atoms with E-state index in [0.29, 0.717) is 13.0 Å². The highest BCUT2D eigenvalue weighted by atomic mass is 16.5. The third kappa shape index (κ3) is 2.60. The molecule has 1 aliphatic heterocycles. The summed E-state index contributed by atoms with van der Waals surface area (Å²) in [5, 5.41) is 8.98. The van der Waals surface area contributed by atoms with Crippen LogP contribution in [0, 0.1) is 11.8 Å².